The van der Waals surface area contributed by atoms with Crippen LogP contribution in [0.4, 0.5) is 0 Å². The van der Waals surface area contributed by atoms with E-state index in [2.05, 4.69) is 5.10 Å². The monoisotopic (exact) mass is 349 g/mol. The molecule has 0 atom stereocenters. The van der Waals surface area contributed by atoms with Crippen molar-refractivity contribution in [2.75, 3.05) is 0 Å². The van der Waals surface area contributed by atoms with E-state index in [4.69, 9.17) is 10.5 Å². The number of esters is 1. The highest BCUT2D eigenvalue weighted by atomic mass is 16.5. The SMILES string of the molecule is Cc1cc(C)n(-c2ccc(C(=O)OCc3ccc(C(N)=O)cc3)cc2)n1. The summed E-state index contributed by atoms with van der Waals surface area (Å²) >= 11 is 0. The summed E-state index contributed by atoms with van der Waals surface area (Å²) in [5, 5.41) is 4.42. The quantitative estimate of drug-likeness (QED) is 0.718. The largest absolute Gasteiger partial charge is 0.457 e. The van der Waals surface area contributed by atoms with E-state index >= 15 is 0 Å². The zero-order chi connectivity index (χ0) is 18.7. The summed E-state index contributed by atoms with van der Waals surface area (Å²) in [4.78, 5) is 23.2. The predicted molar refractivity (Wildman–Crippen MR) is 97.1 cm³/mol. The van der Waals surface area contributed by atoms with Crippen molar-refractivity contribution in [3.05, 3.63) is 82.7 Å². The zero-order valence-electron chi connectivity index (χ0n) is 14.6. The molecule has 0 bridgehead atoms. The van der Waals surface area contributed by atoms with Crippen molar-refractivity contribution in [2.24, 2.45) is 5.73 Å². The summed E-state index contributed by atoms with van der Waals surface area (Å²) in [6, 6.07) is 15.7. The molecule has 1 amide bonds. The van der Waals surface area contributed by atoms with E-state index in [0.717, 1.165) is 22.6 Å². The van der Waals surface area contributed by atoms with Gasteiger partial charge in [0.2, 0.25) is 5.91 Å². The molecule has 0 radical (unpaired) electrons. The lowest BCUT2D eigenvalue weighted by atomic mass is 10.1. The number of aromatic nitrogens is 2. The molecule has 3 aromatic rings. The Balaban J connectivity index is 1.64. The molecule has 1 aromatic heterocycles. The summed E-state index contributed by atoms with van der Waals surface area (Å²) in [7, 11) is 0. The van der Waals surface area contributed by atoms with Gasteiger partial charge >= 0.3 is 5.97 Å². The number of hydrogen-bond acceptors (Lipinski definition) is 4. The predicted octanol–water partition coefficient (Wildman–Crippen LogP) is 2.95. The second-order valence-electron chi connectivity index (χ2n) is 6.02. The minimum Gasteiger partial charge on any atom is -0.457 e. The van der Waals surface area contributed by atoms with Crippen LogP contribution in [-0.4, -0.2) is 21.7 Å². The minimum absolute atomic E-state index is 0.122. The lowest BCUT2D eigenvalue weighted by molar-refractivity contribution is 0.0472. The summed E-state index contributed by atoms with van der Waals surface area (Å²) < 4.78 is 7.13. The number of rotatable bonds is 5. The smallest absolute Gasteiger partial charge is 0.338 e. The number of ether oxygens (including phenoxy) is 1. The third-order valence-corrected chi connectivity index (χ3v) is 3.97. The Morgan fingerprint density at radius 3 is 2.15 bits per heavy atom. The lowest BCUT2D eigenvalue weighted by Gasteiger charge is -2.07. The number of carbonyl (C=O) groups is 2. The van der Waals surface area contributed by atoms with Crippen molar-refractivity contribution >= 4 is 11.9 Å². The van der Waals surface area contributed by atoms with Gasteiger partial charge in [-0.1, -0.05) is 12.1 Å². The van der Waals surface area contributed by atoms with Crippen LogP contribution in [0, 0.1) is 13.8 Å². The number of benzene rings is 2. The van der Waals surface area contributed by atoms with Crippen LogP contribution < -0.4 is 5.73 Å². The normalized spacial score (nSPS) is 10.5. The van der Waals surface area contributed by atoms with Gasteiger partial charge in [0.1, 0.15) is 6.61 Å². The third-order valence-electron chi connectivity index (χ3n) is 3.97. The van der Waals surface area contributed by atoms with E-state index < -0.39 is 11.9 Å². The Kier molecular flexibility index (Phi) is 4.84. The molecule has 6 heteroatoms. The van der Waals surface area contributed by atoms with E-state index in [1.807, 2.05) is 36.7 Å². The molecule has 1 heterocycles. The van der Waals surface area contributed by atoms with Crippen LogP contribution in [0.1, 0.15) is 37.7 Å². The van der Waals surface area contributed by atoms with E-state index in [-0.39, 0.29) is 6.61 Å². The number of nitrogens with zero attached hydrogens (tertiary/aromatic N) is 2. The molecule has 0 aliphatic heterocycles. The van der Waals surface area contributed by atoms with Gasteiger partial charge in [0, 0.05) is 11.3 Å². The molecule has 6 nitrogen and oxygen atoms in total. The molecule has 26 heavy (non-hydrogen) atoms. The zero-order valence-corrected chi connectivity index (χ0v) is 14.6. The minimum atomic E-state index is -0.490. The maximum atomic E-state index is 12.2. The van der Waals surface area contributed by atoms with Crippen LogP contribution >= 0.6 is 0 Å². The first kappa shape index (κ1) is 17.4. The summed E-state index contributed by atoms with van der Waals surface area (Å²) in [6.45, 7) is 4.04. The van der Waals surface area contributed by atoms with Gasteiger partial charge in [-0.05, 0) is 61.9 Å². The number of primary amides is 1. The lowest BCUT2D eigenvalue weighted by Crippen LogP contribution is -2.11. The van der Waals surface area contributed by atoms with Crippen LogP contribution in [0.15, 0.2) is 54.6 Å². The molecule has 2 aromatic carbocycles. The number of hydrogen-bond donors (Lipinski definition) is 1. The van der Waals surface area contributed by atoms with Crippen LogP contribution in [0.2, 0.25) is 0 Å². The van der Waals surface area contributed by atoms with Gasteiger partial charge in [0.25, 0.3) is 0 Å². The molecule has 0 unspecified atom stereocenters. The van der Waals surface area contributed by atoms with Gasteiger partial charge in [0.15, 0.2) is 0 Å². The van der Waals surface area contributed by atoms with Crippen molar-refractivity contribution in [3.63, 3.8) is 0 Å². The molecule has 0 saturated heterocycles. The molecular formula is C20H19N3O3. The average molecular weight is 349 g/mol. The number of carbonyl (C=O) groups excluding carboxylic acids is 2. The average Bonchev–Trinajstić information content (AvgIpc) is 2.98. The van der Waals surface area contributed by atoms with Crippen LogP contribution in [0.25, 0.3) is 5.69 Å². The molecule has 0 saturated carbocycles. The van der Waals surface area contributed by atoms with Gasteiger partial charge < -0.3 is 10.5 Å². The standard InChI is InChI=1S/C20H19N3O3/c1-13-11-14(2)23(22-13)18-9-7-17(8-10-18)20(25)26-12-15-3-5-16(6-4-15)19(21)24/h3-11H,12H2,1-2H3,(H2,21,24). The molecule has 132 valence electrons. The number of amides is 1. The van der Waals surface area contributed by atoms with Gasteiger partial charge in [0.05, 0.1) is 16.9 Å². The highest BCUT2D eigenvalue weighted by molar-refractivity contribution is 5.92. The fraction of sp³-hybridized carbons (Fsp3) is 0.150. The molecule has 0 fully saturated rings. The van der Waals surface area contributed by atoms with Gasteiger partial charge in [-0.15, -0.1) is 0 Å². The second kappa shape index (κ2) is 7.23. The van der Waals surface area contributed by atoms with Gasteiger partial charge in [-0.25, -0.2) is 9.48 Å². The van der Waals surface area contributed by atoms with Crippen molar-refractivity contribution in [3.8, 4) is 5.69 Å². The second-order valence-corrected chi connectivity index (χ2v) is 6.02. The molecule has 3 rings (SSSR count). The molecular weight excluding hydrogens is 330 g/mol. The Hall–Kier alpha value is -3.41. The fourth-order valence-electron chi connectivity index (χ4n) is 2.63. The first-order chi connectivity index (χ1) is 12.4. The first-order valence-corrected chi connectivity index (χ1v) is 8.13. The highest BCUT2D eigenvalue weighted by Crippen LogP contribution is 2.14. The maximum Gasteiger partial charge on any atom is 0.338 e. The van der Waals surface area contributed by atoms with Crippen LogP contribution in [0.3, 0.4) is 0 Å². The van der Waals surface area contributed by atoms with E-state index in [9.17, 15) is 9.59 Å². The number of nitrogens with two attached hydrogens (primary N) is 1. The Labute approximate surface area is 151 Å². The summed E-state index contributed by atoms with van der Waals surface area (Å²) in [5.74, 6) is -0.903. The van der Waals surface area contributed by atoms with Crippen molar-refractivity contribution in [1.82, 2.24) is 9.78 Å². The third kappa shape index (κ3) is 3.80. The highest BCUT2D eigenvalue weighted by Gasteiger charge is 2.09. The number of aryl methyl sites for hydroxylation is 2. The van der Waals surface area contributed by atoms with Crippen molar-refractivity contribution in [2.45, 2.75) is 20.5 Å². The molecule has 0 aliphatic rings. The van der Waals surface area contributed by atoms with E-state index in [1.54, 1.807) is 36.4 Å². The fourth-order valence-corrected chi connectivity index (χ4v) is 2.63. The molecule has 0 spiro atoms. The Morgan fingerprint density at radius 1 is 1.00 bits per heavy atom. The Bertz CT molecular complexity index is 941. The van der Waals surface area contributed by atoms with Crippen LogP contribution in [0.5, 0.6) is 0 Å². The summed E-state index contributed by atoms with van der Waals surface area (Å²) in [5.41, 5.74) is 9.70. The van der Waals surface area contributed by atoms with E-state index in [0.29, 0.717) is 11.1 Å². The Morgan fingerprint density at radius 2 is 1.62 bits per heavy atom. The first-order valence-electron chi connectivity index (χ1n) is 8.13. The topological polar surface area (TPSA) is 87.2 Å². The maximum absolute atomic E-state index is 12.2. The van der Waals surface area contributed by atoms with Gasteiger partial charge in [-0.3, -0.25) is 4.79 Å². The van der Waals surface area contributed by atoms with Crippen molar-refractivity contribution in [1.29, 1.82) is 0 Å². The van der Waals surface area contributed by atoms with Crippen molar-refractivity contribution < 1.29 is 14.3 Å². The van der Waals surface area contributed by atoms with Crippen LogP contribution in [-0.2, 0) is 11.3 Å². The molecule has 2 N–H and O–H groups in total. The molecule has 0 aliphatic carbocycles. The summed E-state index contributed by atoms with van der Waals surface area (Å²) in [6.07, 6.45) is 0. The van der Waals surface area contributed by atoms with E-state index in [1.165, 1.54) is 0 Å². The van der Waals surface area contributed by atoms with Gasteiger partial charge in [-0.2, -0.15) is 5.10 Å².